The molecule has 2 nitrogen and oxygen atoms in total. The molecule has 0 saturated carbocycles. The predicted molar refractivity (Wildman–Crippen MR) is 81.6 cm³/mol. The molecule has 0 fully saturated rings. The minimum atomic E-state index is 0.675. The zero-order valence-electron chi connectivity index (χ0n) is 12.0. The van der Waals surface area contributed by atoms with Crippen LogP contribution >= 0.6 is 11.6 Å². The lowest BCUT2D eigenvalue weighted by Gasteiger charge is -2.22. The number of benzene rings is 1. The first kappa shape index (κ1) is 15.3. The lowest BCUT2D eigenvalue weighted by Crippen LogP contribution is -2.23. The van der Waals surface area contributed by atoms with E-state index in [9.17, 15) is 0 Å². The van der Waals surface area contributed by atoms with Crippen LogP contribution in [0, 0.1) is 5.92 Å². The molecule has 0 bridgehead atoms. The van der Waals surface area contributed by atoms with Crippen molar-refractivity contribution in [3.63, 3.8) is 0 Å². The number of anilines is 1. The van der Waals surface area contributed by atoms with Crippen LogP contribution in [0.15, 0.2) is 18.2 Å². The Balaban J connectivity index is 2.76. The SMILES string of the molecule is CCCN(C)c1cc(Cl)ccc1CNCC(C)C. The number of hydrogen-bond donors (Lipinski definition) is 1. The molecule has 0 radical (unpaired) electrons. The summed E-state index contributed by atoms with van der Waals surface area (Å²) >= 11 is 6.10. The van der Waals surface area contributed by atoms with Crippen LogP contribution < -0.4 is 10.2 Å². The Bertz CT molecular complexity index is 364. The summed E-state index contributed by atoms with van der Waals surface area (Å²) in [5.74, 6) is 0.675. The quantitative estimate of drug-likeness (QED) is 0.806. The topological polar surface area (TPSA) is 15.3 Å². The molecule has 0 spiro atoms. The maximum absolute atomic E-state index is 6.10. The lowest BCUT2D eigenvalue weighted by atomic mass is 10.1. The van der Waals surface area contributed by atoms with E-state index in [1.807, 2.05) is 6.07 Å². The Morgan fingerprint density at radius 2 is 2.06 bits per heavy atom. The summed E-state index contributed by atoms with van der Waals surface area (Å²) in [6.07, 6.45) is 1.14. The van der Waals surface area contributed by atoms with Gasteiger partial charge in [0.05, 0.1) is 0 Å². The molecule has 3 heteroatoms. The zero-order chi connectivity index (χ0) is 13.5. The van der Waals surface area contributed by atoms with Gasteiger partial charge in [-0.25, -0.2) is 0 Å². The second-order valence-electron chi connectivity index (χ2n) is 5.22. The molecule has 102 valence electrons. The van der Waals surface area contributed by atoms with Crippen LogP contribution in [-0.2, 0) is 6.54 Å². The second kappa shape index (κ2) is 7.65. The van der Waals surface area contributed by atoms with Crippen molar-refractivity contribution in [3.05, 3.63) is 28.8 Å². The predicted octanol–water partition coefficient (Wildman–Crippen LogP) is 3.93. The summed E-state index contributed by atoms with van der Waals surface area (Å²) in [6, 6.07) is 6.15. The largest absolute Gasteiger partial charge is 0.374 e. The highest BCUT2D eigenvalue weighted by molar-refractivity contribution is 6.30. The van der Waals surface area contributed by atoms with E-state index in [1.165, 1.54) is 11.3 Å². The van der Waals surface area contributed by atoms with Gasteiger partial charge in [0, 0.05) is 30.8 Å². The molecular weight excluding hydrogens is 244 g/mol. The maximum Gasteiger partial charge on any atom is 0.0426 e. The first-order chi connectivity index (χ1) is 8.54. The van der Waals surface area contributed by atoms with Crippen LogP contribution in [0.5, 0.6) is 0 Å². The van der Waals surface area contributed by atoms with E-state index >= 15 is 0 Å². The Morgan fingerprint density at radius 1 is 1.33 bits per heavy atom. The van der Waals surface area contributed by atoms with Crippen molar-refractivity contribution in [3.8, 4) is 0 Å². The molecule has 0 aromatic heterocycles. The van der Waals surface area contributed by atoms with Gasteiger partial charge in [0.15, 0.2) is 0 Å². The van der Waals surface area contributed by atoms with Crippen LogP contribution in [0.4, 0.5) is 5.69 Å². The molecule has 0 heterocycles. The normalized spacial score (nSPS) is 11.0. The highest BCUT2D eigenvalue weighted by atomic mass is 35.5. The molecule has 0 unspecified atom stereocenters. The third kappa shape index (κ3) is 4.87. The summed E-state index contributed by atoms with van der Waals surface area (Å²) in [5.41, 5.74) is 2.55. The van der Waals surface area contributed by atoms with Gasteiger partial charge in [0.25, 0.3) is 0 Å². The van der Waals surface area contributed by atoms with Gasteiger partial charge in [0.2, 0.25) is 0 Å². The fourth-order valence-corrected chi connectivity index (χ4v) is 2.16. The van der Waals surface area contributed by atoms with Gasteiger partial charge in [0.1, 0.15) is 0 Å². The van der Waals surface area contributed by atoms with Crippen LogP contribution in [0.2, 0.25) is 5.02 Å². The van der Waals surface area contributed by atoms with Gasteiger partial charge >= 0.3 is 0 Å². The third-order valence-corrected chi connectivity index (χ3v) is 3.12. The Kier molecular flexibility index (Phi) is 6.51. The van der Waals surface area contributed by atoms with E-state index in [2.05, 4.69) is 50.2 Å². The minimum absolute atomic E-state index is 0.675. The van der Waals surface area contributed by atoms with Crippen molar-refractivity contribution in [1.29, 1.82) is 0 Å². The number of nitrogens with one attached hydrogen (secondary N) is 1. The lowest BCUT2D eigenvalue weighted by molar-refractivity contribution is 0.552. The van der Waals surface area contributed by atoms with Crippen LogP contribution in [0.25, 0.3) is 0 Å². The van der Waals surface area contributed by atoms with Crippen molar-refractivity contribution in [1.82, 2.24) is 5.32 Å². The fraction of sp³-hybridized carbons (Fsp3) is 0.600. The molecule has 1 N–H and O–H groups in total. The summed E-state index contributed by atoms with van der Waals surface area (Å²) < 4.78 is 0. The van der Waals surface area contributed by atoms with Crippen molar-refractivity contribution >= 4 is 17.3 Å². The first-order valence-corrected chi connectivity index (χ1v) is 7.12. The van der Waals surface area contributed by atoms with Crippen molar-refractivity contribution in [2.24, 2.45) is 5.92 Å². The van der Waals surface area contributed by atoms with Gasteiger partial charge in [-0.05, 0) is 36.6 Å². The van der Waals surface area contributed by atoms with Crippen molar-refractivity contribution < 1.29 is 0 Å². The van der Waals surface area contributed by atoms with Crippen LogP contribution in [0.3, 0.4) is 0 Å². The van der Waals surface area contributed by atoms with Gasteiger partial charge in [-0.3, -0.25) is 0 Å². The van der Waals surface area contributed by atoms with E-state index in [-0.39, 0.29) is 0 Å². The Labute approximate surface area is 116 Å². The molecule has 0 aliphatic heterocycles. The smallest absolute Gasteiger partial charge is 0.0426 e. The number of hydrogen-bond acceptors (Lipinski definition) is 2. The molecule has 1 aromatic carbocycles. The fourth-order valence-electron chi connectivity index (χ4n) is 1.99. The van der Waals surface area contributed by atoms with E-state index in [0.717, 1.165) is 31.1 Å². The second-order valence-corrected chi connectivity index (χ2v) is 5.66. The molecule has 1 aromatic rings. The minimum Gasteiger partial charge on any atom is -0.374 e. The number of rotatable bonds is 7. The summed E-state index contributed by atoms with van der Waals surface area (Å²) in [6.45, 7) is 9.63. The van der Waals surface area contributed by atoms with E-state index < -0.39 is 0 Å². The first-order valence-electron chi connectivity index (χ1n) is 6.74. The number of nitrogens with zero attached hydrogens (tertiary/aromatic N) is 1. The van der Waals surface area contributed by atoms with E-state index in [4.69, 9.17) is 11.6 Å². The molecule has 1 rings (SSSR count). The molecule has 0 aliphatic rings. The van der Waals surface area contributed by atoms with Crippen molar-refractivity contribution in [2.75, 3.05) is 25.0 Å². The standard InChI is InChI=1S/C15H25ClN2/c1-5-8-18(4)15-9-14(16)7-6-13(15)11-17-10-12(2)3/h6-7,9,12,17H,5,8,10-11H2,1-4H3. The average molecular weight is 269 g/mol. The van der Waals surface area contributed by atoms with E-state index in [1.54, 1.807) is 0 Å². The van der Waals surface area contributed by atoms with Crippen LogP contribution in [0.1, 0.15) is 32.8 Å². The molecule has 18 heavy (non-hydrogen) atoms. The summed E-state index contributed by atoms with van der Waals surface area (Å²) in [5, 5.41) is 4.29. The highest BCUT2D eigenvalue weighted by Gasteiger charge is 2.07. The number of halogens is 1. The molecule has 0 atom stereocenters. The summed E-state index contributed by atoms with van der Waals surface area (Å²) in [7, 11) is 2.13. The van der Waals surface area contributed by atoms with Gasteiger partial charge in [-0.15, -0.1) is 0 Å². The average Bonchev–Trinajstić information content (AvgIpc) is 2.31. The molecular formula is C15H25ClN2. The Hall–Kier alpha value is -0.730. The summed E-state index contributed by atoms with van der Waals surface area (Å²) in [4.78, 5) is 2.28. The van der Waals surface area contributed by atoms with Gasteiger partial charge in [-0.2, -0.15) is 0 Å². The van der Waals surface area contributed by atoms with Crippen LogP contribution in [-0.4, -0.2) is 20.1 Å². The zero-order valence-corrected chi connectivity index (χ0v) is 12.7. The van der Waals surface area contributed by atoms with E-state index in [0.29, 0.717) is 5.92 Å². The molecule has 0 aliphatic carbocycles. The monoisotopic (exact) mass is 268 g/mol. The molecule has 0 amide bonds. The van der Waals surface area contributed by atoms with Crippen molar-refractivity contribution in [2.45, 2.75) is 33.7 Å². The molecule has 0 saturated heterocycles. The Morgan fingerprint density at radius 3 is 2.67 bits per heavy atom. The highest BCUT2D eigenvalue weighted by Crippen LogP contribution is 2.24. The van der Waals surface area contributed by atoms with Gasteiger partial charge < -0.3 is 10.2 Å². The maximum atomic E-state index is 6.10. The van der Waals surface area contributed by atoms with Gasteiger partial charge in [-0.1, -0.05) is 38.4 Å². The third-order valence-electron chi connectivity index (χ3n) is 2.89.